The Hall–Kier alpha value is -1.19. The molecule has 7 nitrogen and oxygen atoms in total. The summed E-state index contributed by atoms with van der Waals surface area (Å²) in [6, 6.07) is 0. The van der Waals surface area contributed by atoms with Crippen LogP contribution in [-0.2, 0) is 20.2 Å². The molecule has 1 heterocycles. The molecule has 0 saturated carbocycles. The highest BCUT2D eigenvalue weighted by Gasteiger charge is 2.32. The number of carboxylic acids is 1. The summed E-state index contributed by atoms with van der Waals surface area (Å²) in [5, 5.41) is 14.2. The molecule has 0 bridgehead atoms. The molecule has 0 spiro atoms. The smallest absolute Gasteiger partial charge is 0.315 e. The van der Waals surface area contributed by atoms with Gasteiger partial charge in [-0.25, -0.2) is 18.1 Å². The molecule has 0 aliphatic carbocycles. The summed E-state index contributed by atoms with van der Waals surface area (Å²) in [7, 11) is -3.27. The first-order chi connectivity index (χ1) is 9.19. The van der Waals surface area contributed by atoms with Crippen LogP contribution in [0.4, 0.5) is 5.13 Å². The average molecular weight is 321 g/mol. The van der Waals surface area contributed by atoms with Gasteiger partial charge in [-0.2, -0.15) is 0 Å². The van der Waals surface area contributed by atoms with Gasteiger partial charge in [-0.15, -0.1) is 11.3 Å². The number of sulfonamides is 1. The number of rotatable bonds is 8. The maximum atomic E-state index is 11.4. The fraction of sp³-hybridized carbons (Fsp3) is 0.636. The third-order valence-electron chi connectivity index (χ3n) is 2.69. The average Bonchev–Trinajstić information content (AvgIpc) is 2.77. The Bertz CT molecular complexity index is 566. The largest absolute Gasteiger partial charge is 0.481 e. The highest BCUT2D eigenvalue weighted by atomic mass is 32.2. The fourth-order valence-electron chi connectivity index (χ4n) is 1.34. The maximum absolute atomic E-state index is 11.4. The number of hydrogen-bond acceptors (Lipinski definition) is 6. The fourth-order valence-corrected chi connectivity index (χ4v) is 3.20. The Labute approximate surface area is 122 Å². The van der Waals surface area contributed by atoms with Crippen molar-refractivity contribution in [2.24, 2.45) is 0 Å². The molecule has 0 aromatic carbocycles. The van der Waals surface area contributed by atoms with E-state index in [1.165, 1.54) is 11.3 Å². The van der Waals surface area contributed by atoms with Crippen molar-refractivity contribution in [2.75, 3.05) is 24.2 Å². The second kappa shape index (κ2) is 6.51. The molecule has 3 N–H and O–H groups in total. The summed E-state index contributed by atoms with van der Waals surface area (Å²) < 4.78 is 25.2. The number of carboxylic acid groups (broad SMARTS) is 1. The van der Waals surface area contributed by atoms with Crippen LogP contribution in [0.15, 0.2) is 5.38 Å². The number of hydrogen-bond donors (Lipinski definition) is 3. The molecule has 1 aromatic heterocycles. The van der Waals surface area contributed by atoms with Gasteiger partial charge in [-0.1, -0.05) is 6.92 Å². The standard InChI is InChI=1S/C11H19N3O4S2/c1-4-13-20(17,18)6-5-12-10-14-8(7-19-10)11(2,3)9(15)16/h7,13H,4-6H2,1-3H3,(H,12,14)(H,15,16). The van der Waals surface area contributed by atoms with Crippen molar-refractivity contribution in [3.05, 3.63) is 11.1 Å². The molecule has 0 aliphatic heterocycles. The second-order valence-corrected chi connectivity index (χ2v) is 7.50. The summed E-state index contributed by atoms with van der Waals surface area (Å²) in [5.41, 5.74) is -0.612. The van der Waals surface area contributed by atoms with Crippen molar-refractivity contribution in [1.82, 2.24) is 9.71 Å². The molecule has 9 heteroatoms. The third-order valence-corrected chi connectivity index (χ3v) is 4.96. The van der Waals surface area contributed by atoms with Gasteiger partial charge >= 0.3 is 5.97 Å². The van der Waals surface area contributed by atoms with Gasteiger partial charge in [0.05, 0.1) is 11.4 Å². The Kier molecular flexibility index (Phi) is 5.49. The molecular weight excluding hydrogens is 302 g/mol. The van der Waals surface area contributed by atoms with Gasteiger partial charge in [-0.05, 0) is 13.8 Å². The number of nitrogens with zero attached hydrogens (tertiary/aromatic N) is 1. The summed E-state index contributed by atoms with van der Waals surface area (Å²) in [4.78, 5) is 15.3. The van der Waals surface area contributed by atoms with Crippen LogP contribution in [0.5, 0.6) is 0 Å². The van der Waals surface area contributed by atoms with Gasteiger partial charge in [-0.3, -0.25) is 4.79 Å². The maximum Gasteiger partial charge on any atom is 0.315 e. The minimum atomic E-state index is -3.27. The number of thiazole rings is 1. The van der Waals surface area contributed by atoms with Crippen LogP contribution < -0.4 is 10.0 Å². The summed E-state index contributed by atoms with van der Waals surface area (Å²) in [5.74, 6) is -1.01. The molecule has 0 unspecified atom stereocenters. The van der Waals surface area contributed by atoms with Gasteiger partial charge in [0, 0.05) is 18.5 Å². The van der Waals surface area contributed by atoms with Gasteiger partial charge < -0.3 is 10.4 Å². The van der Waals surface area contributed by atoms with E-state index in [1.54, 1.807) is 26.2 Å². The van der Waals surface area contributed by atoms with Crippen LogP contribution in [0.1, 0.15) is 26.5 Å². The first kappa shape index (κ1) is 16.9. The van der Waals surface area contributed by atoms with Crippen LogP contribution in [0.25, 0.3) is 0 Å². The van der Waals surface area contributed by atoms with Gasteiger partial charge in [0.25, 0.3) is 0 Å². The molecule has 1 rings (SSSR count). The minimum absolute atomic E-state index is 0.0575. The number of aromatic nitrogens is 1. The molecule has 0 saturated heterocycles. The predicted octanol–water partition coefficient (Wildman–Crippen LogP) is 0.856. The van der Waals surface area contributed by atoms with Crippen LogP contribution in [-0.4, -0.2) is 43.3 Å². The van der Waals surface area contributed by atoms with E-state index in [4.69, 9.17) is 5.11 Å². The topological polar surface area (TPSA) is 108 Å². The molecule has 0 fully saturated rings. The second-order valence-electron chi connectivity index (χ2n) is 4.71. The minimum Gasteiger partial charge on any atom is -0.481 e. The number of aliphatic carboxylic acids is 1. The summed E-state index contributed by atoms with van der Waals surface area (Å²) >= 11 is 1.26. The number of anilines is 1. The van der Waals surface area contributed by atoms with Crippen LogP contribution >= 0.6 is 11.3 Å². The van der Waals surface area contributed by atoms with E-state index in [-0.39, 0.29) is 12.3 Å². The molecular formula is C11H19N3O4S2. The van der Waals surface area contributed by atoms with Gasteiger partial charge in [0.15, 0.2) is 5.13 Å². The SMILES string of the molecule is CCNS(=O)(=O)CCNc1nc(C(C)(C)C(=O)O)cs1. The normalized spacial score (nSPS) is 12.3. The first-order valence-electron chi connectivity index (χ1n) is 6.09. The number of nitrogens with one attached hydrogen (secondary N) is 2. The van der Waals surface area contributed by atoms with Crippen molar-refractivity contribution < 1.29 is 18.3 Å². The van der Waals surface area contributed by atoms with Crippen LogP contribution in [0.3, 0.4) is 0 Å². The Morgan fingerprint density at radius 2 is 2.15 bits per heavy atom. The van der Waals surface area contributed by atoms with Crippen molar-refractivity contribution in [1.29, 1.82) is 0 Å². The highest BCUT2D eigenvalue weighted by Crippen LogP contribution is 2.27. The van der Waals surface area contributed by atoms with Crippen molar-refractivity contribution in [2.45, 2.75) is 26.2 Å². The van der Waals surface area contributed by atoms with E-state index in [2.05, 4.69) is 15.0 Å². The van der Waals surface area contributed by atoms with E-state index in [0.717, 1.165) is 0 Å². The summed E-state index contributed by atoms with van der Waals surface area (Å²) in [6.07, 6.45) is 0. The lowest BCUT2D eigenvalue weighted by molar-refractivity contribution is -0.142. The van der Waals surface area contributed by atoms with Crippen LogP contribution in [0, 0.1) is 0 Å². The molecule has 1 aromatic rings. The van der Waals surface area contributed by atoms with E-state index in [9.17, 15) is 13.2 Å². The lowest BCUT2D eigenvalue weighted by atomic mass is 9.90. The molecule has 0 aliphatic rings. The molecule has 0 atom stereocenters. The molecule has 0 amide bonds. The third kappa shape index (κ3) is 4.43. The van der Waals surface area contributed by atoms with Crippen LogP contribution in [0.2, 0.25) is 0 Å². The lowest BCUT2D eigenvalue weighted by Crippen LogP contribution is -2.29. The first-order valence-corrected chi connectivity index (χ1v) is 8.63. The van der Waals surface area contributed by atoms with E-state index in [0.29, 0.717) is 17.4 Å². The Balaban J connectivity index is 2.60. The van der Waals surface area contributed by atoms with Gasteiger partial charge in [0.1, 0.15) is 5.41 Å². The molecule has 114 valence electrons. The van der Waals surface area contributed by atoms with E-state index in [1.807, 2.05) is 0 Å². The zero-order valence-corrected chi connectivity index (χ0v) is 13.3. The monoisotopic (exact) mass is 321 g/mol. The van der Waals surface area contributed by atoms with E-state index >= 15 is 0 Å². The van der Waals surface area contributed by atoms with Crippen molar-refractivity contribution >= 4 is 32.5 Å². The Morgan fingerprint density at radius 1 is 1.50 bits per heavy atom. The Morgan fingerprint density at radius 3 is 2.70 bits per heavy atom. The zero-order chi connectivity index (χ0) is 15.4. The van der Waals surface area contributed by atoms with Crippen molar-refractivity contribution in [3.8, 4) is 0 Å². The molecule has 20 heavy (non-hydrogen) atoms. The predicted molar refractivity (Wildman–Crippen MR) is 78.7 cm³/mol. The zero-order valence-electron chi connectivity index (χ0n) is 11.6. The quantitative estimate of drug-likeness (QED) is 0.655. The van der Waals surface area contributed by atoms with Gasteiger partial charge in [0.2, 0.25) is 10.0 Å². The summed E-state index contributed by atoms with van der Waals surface area (Å²) in [6.45, 7) is 5.44. The number of carbonyl (C=O) groups is 1. The lowest BCUT2D eigenvalue weighted by Gasteiger charge is -2.15. The van der Waals surface area contributed by atoms with Crippen molar-refractivity contribution in [3.63, 3.8) is 0 Å². The van der Waals surface area contributed by atoms with E-state index < -0.39 is 21.4 Å². The molecule has 0 radical (unpaired) electrons. The highest BCUT2D eigenvalue weighted by molar-refractivity contribution is 7.89.